The van der Waals surface area contributed by atoms with Gasteiger partial charge < -0.3 is 10.6 Å². The van der Waals surface area contributed by atoms with Crippen LogP contribution in [0.5, 0.6) is 0 Å². The summed E-state index contributed by atoms with van der Waals surface area (Å²) in [6.45, 7) is 8.51. The molecule has 0 radical (unpaired) electrons. The molecule has 0 fully saturated rings. The number of aromatic nitrogens is 2. The molecule has 1 heterocycles. The van der Waals surface area contributed by atoms with E-state index in [1.807, 2.05) is 45.9 Å². The average Bonchev–Trinajstić information content (AvgIpc) is 3.08. The van der Waals surface area contributed by atoms with Crippen LogP contribution >= 0.6 is 34.9 Å². The summed E-state index contributed by atoms with van der Waals surface area (Å²) in [4.78, 5) is 24.1. The molecule has 2 rings (SSSR count). The molecule has 1 aromatic carbocycles. The summed E-state index contributed by atoms with van der Waals surface area (Å²) in [5, 5.41) is 13.7. The molecule has 27 heavy (non-hydrogen) atoms. The Morgan fingerprint density at radius 1 is 1.22 bits per heavy atom. The molecule has 0 saturated heterocycles. The van der Waals surface area contributed by atoms with E-state index < -0.39 is 0 Å². The van der Waals surface area contributed by atoms with Crippen molar-refractivity contribution in [1.82, 2.24) is 15.5 Å². The van der Waals surface area contributed by atoms with E-state index in [0.717, 1.165) is 31.9 Å². The van der Waals surface area contributed by atoms with Gasteiger partial charge >= 0.3 is 0 Å². The maximum absolute atomic E-state index is 12.5. The van der Waals surface area contributed by atoms with Crippen molar-refractivity contribution in [3.63, 3.8) is 0 Å². The minimum Gasteiger partial charge on any atom is -0.355 e. The number of hydrogen-bond donors (Lipinski definition) is 2. The number of aryl methyl sites for hydroxylation is 2. The molecule has 1 aromatic heterocycles. The molecular weight excluding hydrogens is 400 g/mol. The summed E-state index contributed by atoms with van der Waals surface area (Å²) in [5.74, 6) is 0.242. The minimum absolute atomic E-state index is 0.00692. The van der Waals surface area contributed by atoms with Crippen LogP contribution in [0.1, 0.15) is 31.4 Å². The third-order valence-corrected chi connectivity index (χ3v) is 6.83. The highest BCUT2D eigenvalue weighted by Gasteiger charge is 2.18. The summed E-state index contributed by atoms with van der Waals surface area (Å²) in [6, 6.07) is 5.98. The van der Waals surface area contributed by atoms with E-state index in [4.69, 9.17) is 0 Å². The number of amides is 2. The van der Waals surface area contributed by atoms with E-state index in [-0.39, 0.29) is 17.1 Å². The van der Waals surface area contributed by atoms with Crippen molar-refractivity contribution in [2.24, 2.45) is 0 Å². The van der Waals surface area contributed by atoms with Crippen molar-refractivity contribution in [3.8, 4) is 0 Å². The minimum atomic E-state index is -0.302. The predicted molar refractivity (Wildman–Crippen MR) is 114 cm³/mol. The number of benzene rings is 1. The second-order valence-electron chi connectivity index (χ2n) is 6.04. The van der Waals surface area contributed by atoms with Crippen molar-refractivity contribution in [2.45, 2.75) is 48.0 Å². The van der Waals surface area contributed by atoms with E-state index in [1.165, 1.54) is 34.9 Å². The number of nitrogens with one attached hydrogen (secondary N) is 2. The van der Waals surface area contributed by atoms with Gasteiger partial charge in [0.05, 0.1) is 11.0 Å². The van der Waals surface area contributed by atoms with Gasteiger partial charge in [0.15, 0.2) is 8.68 Å². The van der Waals surface area contributed by atoms with Crippen molar-refractivity contribution in [3.05, 3.63) is 29.3 Å². The van der Waals surface area contributed by atoms with Crippen LogP contribution in [-0.2, 0) is 9.59 Å². The van der Waals surface area contributed by atoms with Crippen LogP contribution in [0.15, 0.2) is 26.9 Å². The molecular formula is C18H24N4O2S3. The highest BCUT2D eigenvalue weighted by Crippen LogP contribution is 2.31. The fourth-order valence-corrected chi connectivity index (χ4v) is 5.05. The molecule has 0 aliphatic rings. The molecule has 1 unspecified atom stereocenters. The molecule has 2 amide bonds. The standard InChI is InChI=1S/C18H24N4O2S3/c1-5-8-19-15(23)10-25-17-21-22-18(27-17)26-13(4)16(24)20-14-9-11(2)6-7-12(14)3/h6-7,9,13H,5,8,10H2,1-4H3,(H,19,23)(H,20,24). The van der Waals surface area contributed by atoms with Gasteiger partial charge in [-0.15, -0.1) is 10.2 Å². The Balaban J connectivity index is 1.85. The van der Waals surface area contributed by atoms with E-state index in [2.05, 4.69) is 20.8 Å². The highest BCUT2D eigenvalue weighted by molar-refractivity contribution is 8.04. The van der Waals surface area contributed by atoms with Crippen LogP contribution in [-0.4, -0.2) is 39.6 Å². The molecule has 0 aliphatic carbocycles. The first-order chi connectivity index (χ1) is 12.9. The molecule has 9 heteroatoms. The zero-order chi connectivity index (χ0) is 19.8. The Kier molecular flexibility index (Phi) is 8.59. The summed E-state index contributed by atoms with van der Waals surface area (Å²) < 4.78 is 1.45. The number of thioether (sulfide) groups is 2. The fraction of sp³-hybridized carbons (Fsp3) is 0.444. The van der Waals surface area contributed by atoms with E-state index >= 15 is 0 Å². The van der Waals surface area contributed by atoms with Crippen molar-refractivity contribution >= 4 is 52.4 Å². The zero-order valence-corrected chi connectivity index (χ0v) is 18.3. The maximum Gasteiger partial charge on any atom is 0.237 e. The van der Waals surface area contributed by atoms with Crippen LogP contribution in [0.4, 0.5) is 5.69 Å². The number of hydrogen-bond acceptors (Lipinski definition) is 7. The molecule has 0 aliphatic heterocycles. The van der Waals surface area contributed by atoms with Gasteiger partial charge in [-0.1, -0.05) is 53.9 Å². The number of nitrogens with zero attached hydrogens (tertiary/aromatic N) is 2. The molecule has 146 valence electrons. The smallest absolute Gasteiger partial charge is 0.237 e. The zero-order valence-electron chi connectivity index (χ0n) is 15.9. The van der Waals surface area contributed by atoms with Crippen LogP contribution in [0.3, 0.4) is 0 Å². The highest BCUT2D eigenvalue weighted by atomic mass is 32.2. The normalized spacial score (nSPS) is 11.9. The maximum atomic E-state index is 12.5. The molecule has 6 nitrogen and oxygen atoms in total. The summed E-state index contributed by atoms with van der Waals surface area (Å²) in [5.41, 5.74) is 2.96. The van der Waals surface area contributed by atoms with Gasteiger partial charge in [0.1, 0.15) is 0 Å². The largest absolute Gasteiger partial charge is 0.355 e. The van der Waals surface area contributed by atoms with Gasteiger partial charge in [0.2, 0.25) is 11.8 Å². The third kappa shape index (κ3) is 7.15. The summed E-state index contributed by atoms with van der Waals surface area (Å²) in [7, 11) is 0. The van der Waals surface area contributed by atoms with Crippen LogP contribution in [0.2, 0.25) is 0 Å². The van der Waals surface area contributed by atoms with Gasteiger partial charge in [0.25, 0.3) is 0 Å². The monoisotopic (exact) mass is 424 g/mol. The van der Waals surface area contributed by atoms with Gasteiger partial charge in [-0.25, -0.2) is 0 Å². The SMILES string of the molecule is CCCNC(=O)CSc1nnc(SC(C)C(=O)Nc2cc(C)ccc2C)s1. The Labute approximate surface area is 172 Å². The van der Waals surface area contributed by atoms with E-state index in [9.17, 15) is 9.59 Å². The molecule has 0 bridgehead atoms. The van der Waals surface area contributed by atoms with Gasteiger partial charge in [-0.05, 0) is 44.4 Å². The number of carbonyl (C=O) groups excluding carboxylic acids is 2. The van der Waals surface area contributed by atoms with Crippen LogP contribution < -0.4 is 10.6 Å². The summed E-state index contributed by atoms with van der Waals surface area (Å²) in [6.07, 6.45) is 0.915. The van der Waals surface area contributed by atoms with E-state index in [0.29, 0.717) is 12.3 Å². The van der Waals surface area contributed by atoms with Crippen LogP contribution in [0.25, 0.3) is 0 Å². The molecule has 2 N–H and O–H groups in total. The third-order valence-electron chi connectivity index (χ3n) is 3.58. The van der Waals surface area contributed by atoms with Crippen LogP contribution in [0, 0.1) is 13.8 Å². The number of carbonyl (C=O) groups is 2. The number of rotatable bonds is 9. The Hall–Kier alpha value is -1.58. The molecule has 0 spiro atoms. The Bertz CT molecular complexity index is 795. The van der Waals surface area contributed by atoms with Gasteiger partial charge in [-0.3, -0.25) is 9.59 Å². The lowest BCUT2D eigenvalue weighted by molar-refractivity contribution is -0.118. The first-order valence-electron chi connectivity index (χ1n) is 8.66. The lowest BCUT2D eigenvalue weighted by Crippen LogP contribution is -2.25. The first-order valence-corrected chi connectivity index (χ1v) is 11.3. The molecule has 1 atom stereocenters. The Morgan fingerprint density at radius 3 is 2.70 bits per heavy atom. The van der Waals surface area contributed by atoms with Crippen molar-refractivity contribution in [2.75, 3.05) is 17.6 Å². The quantitative estimate of drug-likeness (QED) is 0.594. The Morgan fingerprint density at radius 2 is 1.96 bits per heavy atom. The molecule has 0 saturated carbocycles. The van der Waals surface area contributed by atoms with Crippen molar-refractivity contribution < 1.29 is 9.59 Å². The topological polar surface area (TPSA) is 84.0 Å². The second kappa shape index (κ2) is 10.7. The lowest BCUT2D eigenvalue weighted by Gasteiger charge is -2.12. The van der Waals surface area contributed by atoms with Gasteiger partial charge in [0, 0.05) is 12.2 Å². The predicted octanol–water partition coefficient (Wildman–Crippen LogP) is 3.89. The second-order valence-corrected chi connectivity index (χ2v) is 9.83. The fourth-order valence-electron chi connectivity index (χ4n) is 2.06. The summed E-state index contributed by atoms with van der Waals surface area (Å²) >= 11 is 4.13. The van der Waals surface area contributed by atoms with Crippen molar-refractivity contribution in [1.29, 1.82) is 0 Å². The lowest BCUT2D eigenvalue weighted by atomic mass is 10.1. The van der Waals surface area contributed by atoms with E-state index in [1.54, 1.807) is 0 Å². The number of anilines is 1. The first kappa shape index (κ1) is 21.7. The molecule has 2 aromatic rings. The van der Waals surface area contributed by atoms with Gasteiger partial charge in [-0.2, -0.15) is 0 Å². The average molecular weight is 425 g/mol.